The van der Waals surface area contributed by atoms with Crippen LogP contribution in [-0.2, 0) is 0 Å². The number of H-pyrrole nitrogens is 1. The van der Waals surface area contributed by atoms with Gasteiger partial charge in [-0.05, 0) is 24.6 Å². The summed E-state index contributed by atoms with van der Waals surface area (Å²) in [6.07, 6.45) is 0. The van der Waals surface area contributed by atoms with Crippen LogP contribution in [-0.4, -0.2) is 23.2 Å². The number of ether oxygens (including phenoxy) is 1. The molecular formula is C11H11NO3. The lowest BCUT2D eigenvalue weighted by atomic mass is 10.1. The van der Waals surface area contributed by atoms with Gasteiger partial charge in [0.15, 0.2) is 0 Å². The SMILES string of the molecule is COc1ccc(C)c2[nH]c(C(=O)O)cc12. The average Bonchev–Trinajstić information content (AvgIpc) is 2.64. The molecule has 4 heteroatoms. The molecule has 0 aliphatic heterocycles. The lowest BCUT2D eigenvalue weighted by molar-refractivity contribution is 0.0691. The molecule has 0 bridgehead atoms. The van der Waals surface area contributed by atoms with Gasteiger partial charge in [0.2, 0.25) is 0 Å². The van der Waals surface area contributed by atoms with Crippen LogP contribution in [0.25, 0.3) is 10.9 Å². The molecule has 2 aromatic rings. The topological polar surface area (TPSA) is 62.3 Å². The summed E-state index contributed by atoms with van der Waals surface area (Å²) in [6, 6.07) is 5.31. The monoisotopic (exact) mass is 205 g/mol. The molecule has 0 fully saturated rings. The number of rotatable bonds is 2. The van der Waals surface area contributed by atoms with Crippen molar-refractivity contribution in [3.63, 3.8) is 0 Å². The third kappa shape index (κ3) is 1.44. The van der Waals surface area contributed by atoms with E-state index in [0.717, 1.165) is 16.5 Å². The molecule has 0 unspecified atom stereocenters. The molecule has 0 saturated carbocycles. The minimum Gasteiger partial charge on any atom is -0.496 e. The summed E-state index contributed by atoms with van der Waals surface area (Å²) in [7, 11) is 1.57. The predicted octanol–water partition coefficient (Wildman–Crippen LogP) is 2.18. The summed E-state index contributed by atoms with van der Waals surface area (Å²) in [6.45, 7) is 1.92. The highest BCUT2D eigenvalue weighted by molar-refractivity contribution is 5.97. The van der Waals surface area contributed by atoms with Gasteiger partial charge in [-0.2, -0.15) is 0 Å². The molecule has 2 rings (SSSR count). The maximum atomic E-state index is 10.8. The number of carboxylic acids is 1. The molecule has 0 saturated heterocycles. The second-order valence-electron chi connectivity index (χ2n) is 3.36. The van der Waals surface area contributed by atoms with Crippen LogP contribution < -0.4 is 4.74 Å². The van der Waals surface area contributed by atoms with Gasteiger partial charge in [-0.3, -0.25) is 0 Å². The Morgan fingerprint density at radius 2 is 2.20 bits per heavy atom. The smallest absolute Gasteiger partial charge is 0.352 e. The molecule has 0 aliphatic rings. The first-order valence-corrected chi connectivity index (χ1v) is 4.53. The minimum absolute atomic E-state index is 0.178. The maximum absolute atomic E-state index is 10.8. The largest absolute Gasteiger partial charge is 0.496 e. The Kier molecular flexibility index (Phi) is 2.11. The third-order valence-electron chi connectivity index (χ3n) is 2.41. The summed E-state index contributed by atoms with van der Waals surface area (Å²) >= 11 is 0. The first-order chi connectivity index (χ1) is 7.13. The first kappa shape index (κ1) is 9.58. The molecule has 0 radical (unpaired) electrons. The number of carboxylic acid groups (broad SMARTS) is 1. The zero-order valence-electron chi connectivity index (χ0n) is 8.50. The summed E-state index contributed by atoms with van der Waals surface area (Å²) in [5.41, 5.74) is 1.99. The van der Waals surface area contributed by atoms with Crippen molar-refractivity contribution in [3.8, 4) is 5.75 Å². The zero-order valence-corrected chi connectivity index (χ0v) is 8.50. The van der Waals surface area contributed by atoms with Crippen LogP contribution in [0.4, 0.5) is 0 Å². The number of fused-ring (bicyclic) bond motifs is 1. The summed E-state index contributed by atoms with van der Waals surface area (Å²) in [5.74, 6) is -0.285. The van der Waals surface area contributed by atoms with Crippen molar-refractivity contribution in [2.45, 2.75) is 6.92 Å². The van der Waals surface area contributed by atoms with Gasteiger partial charge in [0.05, 0.1) is 12.6 Å². The van der Waals surface area contributed by atoms with Crippen LogP contribution >= 0.6 is 0 Å². The van der Waals surface area contributed by atoms with Crippen molar-refractivity contribution in [2.75, 3.05) is 7.11 Å². The van der Waals surface area contributed by atoms with Crippen molar-refractivity contribution in [3.05, 3.63) is 29.5 Å². The van der Waals surface area contributed by atoms with E-state index in [0.29, 0.717) is 5.75 Å². The summed E-state index contributed by atoms with van der Waals surface area (Å²) < 4.78 is 5.16. The molecular weight excluding hydrogens is 194 g/mol. The van der Waals surface area contributed by atoms with Gasteiger partial charge in [-0.1, -0.05) is 6.07 Å². The third-order valence-corrected chi connectivity index (χ3v) is 2.41. The van der Waals surface area contributed by atoms with Gasteiger partial charge in [0.1, 0.15) is 11.4 Å². The van der Waals surface area contributed by atoms with E-state index in [1.54, 1.807) is 13.2 Å². The number of nitrogens with one attached hydrogen (secondary N) is 1. The Labute approximate surface area is 86.5 Å². The molecule has 78 valence electrons. The van der Waals surface area contributed by atoms with E-state index in [-0.39, 0.29) is 5.69 Å². The van der Waals surface area contributed by atoms with Crippen molar-refractivity contribution in [2.24, 2.45) is 0 Å². The van der Waals surface area contributed by atoms with Crippen LogP contribution in [0.1, 0.15) is 16.1 Å². The van der Waals surface area contributed by atoms with Gasteiger partial charge in [0.25, 0.3) is 0 Å². The molecule has 0 atom stereocenters. The van der Waals surface area contributed by atoms with E-state index in [1.807, 2.05) is 19.1 Å². The highest BCUT2D eigenvalue weighted by Gasteiger charge is 2.11. The van der Waals surface area contributed by atoms with E-state index in [4.69, 9.17) is 9.84 Å². The van der Waals surface area contributed by atoms with Crippen molar-refractivity contribution >= 4 is 16.9 Å². The maximum Gasteiger partial charge on any atom is 0.352 e. The standard InChI is InChI=1S/C11H11NO3/c1-6-3-4-9(15-2)7-5-8(11(13)14)12-10(6)7/h3-5,12H,1-2H3,(H,13,14). The Morgan fingerprint density at radius 3 is 2.80 bits per heavy atom. The minimum atomic E-state index is -0.965. The highest BCUT2D eigenvalue weighted by Crippen LogP contribution is 2.28. The van der Waals surface area contributed by atoms with Crippen LogP contribution in [0.3, 0.4) is 0 Å². The van der Waals surface area contributed by atoms with Crippen LogP contribution in [0.5, 0.6) is 5.75 Å². The number of aryl methyl sites for hydroxylation is 1. The second-order valence-corrected chi connectivity index (χ2v) is 3.36. The zero-order chi connectivity index (χ0) is 11.0. The quantitative estimate of drug-likeness (QED) is 0.789. The second kappa shape index (κ2) is 3.31. The summed E-state index contributed by atoms with van der Waals surface area (Å²) in [4.78, 5) is 13.7. The number of hydrogen-bond donors (Lipinski definition) is 2. The summed E-state index contributed by atoms with van der Waals surface area (Å²) in [5, 5.41) is 9.67. The number of carbonyl (C=O) groups is 1. The lowest BCUT2D eigenvalue weighted by Crippen LogP contribution is -1.94. The fourth-order valence-electron chi connectivity index (χ4n) is 1.63. The molecule has 15 heavy (non-hydrogen) atoms. The number of aromatic nitrogens is 1. The average molecular weight is 205 g/mol. The molecule has 1 heterocycles. The normalized spacial score (nSPS) is 10.5. The van der Waals surface area contributed by atoms with Crippen LogP contribution in [0.15, 0.2) is 18.2 Å². The molecule has 0 spiro atoms. The predicted molar refractivity (Wildman–Crippen MR) is 56.5 cm³/mol. The van der Waals surface area contributed by atoms with Gasteiger partial charge >= 0.3 is 5.97 Å². The Bertz CT molecular complexity index is 528. The highest BCUT2D eigenvalue weighted by atomic mass is 16.5. The van der Waals surface area contributed by atoms with Gasteiger partial charge < -0.3 is 14.8 Å². The Balaban J connectivity index is 2.77. The molecule has 1 aromatic heterocycles. The van der Waals surface area contributed by atoms with E-state index >= 15 is 0 Å². The molecule has 2 N–H and O–H groups in total. The Morgan fingerprint density at radius 1 is 1.47 bits per heavy atom. The Hall–Kier alpha value is -1.97. The van der Waals surface area contributed by atoms with Crippen LogP contribution in [0.2, 0.25) is 0 Å². The van der Waals surface area contributed by atoms with Crippen LogP contribution in [0, 0.1) is 6.92 Å². The number of methoxy groups -OCH3 is 1. The number of benzene rings is 1. The van der Waals surface area contributed by atoms with Gasteiger partial charge in [-0.15, -0.1) is 0 Å². The van der Waals surface area contributed by atoms with Gasteiger partial charge in [0, 0.05) is 5.39 Å². The van der Waals surface area contributed by atoms with E-state index in [2.05, 4.69) is 4.98 Å². The van der Waals surface area contributed by atoms with Gasteiger partial charge in [-0.25, -0.2) is 4.79 Å². The van der Waals surface area contributed by atoms with E-state index < -0.39 is 5.97 Å². The molecule has 1 aromatic carbocycles. The lowest BCUT2D eigenvalue weighted by Gasteiger charge is -2.02. The van der Waals surface area contributed by atoms with E-state index in [9.17, 15) is 4.79 Å². The molecule has 0 amide bonds. The fourth-order valence-corrected chi connectivity index (χ4v) is 1.63. The van der Waals surface area contributed by atoms with Crippen molar-refractivity contribution < 1.29 is 14.6 Å². The van der Waals surface area contributed by atoms with Crippen molar-refractivity contribution in [1.82, 2.24) is 4.98 Å². The molecule has 4 nitrogen and oxygen atoms in total. The number of hydrogen-bond acceptors (Lipinski definition) is 2. The first-order valence-electron chi connectivity index (χ1n) is 4.53. The van der Waals surface area contributed by atoms with E-state index in [1.165, 1.54) is 0 Å². The van der Waals surface area contributed by atoms with Crippen molar-refractivity contribution in [1.29, 1.82) is 0 Å². The number of aromatic amines is 1. The number of aromatic carboxylic acids is 1. The fraction of sp³-hybridized carbons (Fsp3) is 0.182. The molecule has 0 aliphatic carbocycles.